The molecule has 2 atom stereocenters. The van der Waals surface area contributed by atoms with Gasteiger partial charge in [-0.3, -0.25) is 0 Å². The molecule has 0 aromatic rings. The van der Waals surface area contributed by atoms with Gasteiger partial charge < -0.3 is 9.53 Å². The second kappa shape index (κ2) is 5.37. The summed E-state index contributed by atoms with van der Waals surface area (Å²) in [4.78, 5) is 10.5. The van der Waals surface area contributed by atoms with Crippen molar-refractivity contribution in [3.05, 3.63) is 0 Å². The third kappa shape index (κ3) is 2.81. The quantitative estimate of drug-likeness (QED) is 0.333. The maximum Gasteiger partial charge on any atom is 0.152 e. The van der Waals surface area contributed by atoms with E-state index in [4.69, 9.17) is 4.74 Å². The monoisotopic (exact) mass is 252 g/mol. The van der Waals surface area contributed by atoms with Crippen LogP contribution in [0.15, 0.2) is 0 Å². The van der Waals surface area contributed by atoms with Crippen LogP contribution in [0.4, 0.5) is 0 Å². The number of rotatable bonds is 4. The van der Waals surface area contributed by atoms with Crippen molar-refractivity contribution in [2.24, 2.45) is 0 Å². The van der Waals surface area contributed by atoms with E-state index in [9.17, 15) is 4.79 Å². The minimum Gasteiger partial charge on any atom is -0.348 e. The molecule has 3 heteroatoms. The Balaban J connectivity index is 2.94. The van der Waals surface area contributed by atoms with Gasteiger partial charge in [0.05, 0.1) is 0 Å². The molecule has 96 valence electrons. The maximum absolute atomic E-state index is 10.5. The average Bonchev–Trinajstić information content (AvgIpc) is 2.95. The third-order valence-corrected chi connectivity index (χ3v) is 10.3. The second-order valence-electron chi connectivity index (χ2n) is 5.82. The fourth-order valence-corrected chi connectivity index (χ4v) is 8.23. The fourth-order valence-electron chi connectivity index (χ4n) is 2.97. The second-order valence-corrected chi connectivity index (χ2v) is 11.4. The molecule has 0 unspecified atom stereocenters. The zero-order chi connectivity index (χ0) is 13.2. The van der Waals surface area contributed by atoms with Crippen molar-refractivity contribution in [2.45, 2.75) is 70.4 Å². The van der Waals surface area contributed by atoms with Crippen molar-refractivity contribution in [1.82, 2.24) is 0 Å². The highest BCUT2D eigenvalue weighted by atomic mass is 28.3. The van der Waals surface area contributed by atoms with Crippen LogP contribution >= 0.6 is 0 Å². The first-order valence-corrected chi connectivity index (χ1v) is 8.72. The summed E-state index contributed by atoms with van der Waals surface area (Å²) < 4.78 is 5.18. The van der Waals surface area contributed by atoms with Crippen LogP contribution < -0.4 is 0 Å². The van der Waals surface area contributed by atoms with E-state index in [0.29, 0.717) is 16.6 Å². The van der Waals surface area contributed by atoms with Gasteiger partial charge in [0.2, 0.25) is 0 Å². The van der Waals surface area contributed by atoms with Gasteiger partial charge in [-0.25, -0.2) is 0 Å². The minimum absolute atomic E-state index is 0.129. The average molecular weight is 252 g/mol. The predicted molar refractivity (Wildman–Crippen MR) is 73.5 cm³/mol. The highest BCUT2D eigenvalue weighted by Gasteiger charge is 2.43. The number of hydrogen-bond acceptors (Lipinski definition) is 2. The zero-order valence-corrected chi connectivity index (χ0v) is 12.8. The lowest BCUT2D eigenvalue weighted by Crippen LogP contribution is -2.43. The Labute approximate surface area is 106 Å². The third-order valence-electron chi connectivity index (χ3n) is 3.96. The Morgan fingerprint density at radius 1 is 1.06 bits per heavy atom. The minimum atomic E-state index is -1.65. The van der Waals surface area contributed by atoms with Gasteiger partial charge in [0.1, 0.15) is 8.07 Å². The number of aldehydes is 1. The van der Waals surface area contributed by atoms with E-state index >= 15 is 0 Å². The maximum atomic E-state index is 10.5. The largest absolute Gasteiger partial charge is 0.348 e. The van der Waals surface area contributed by atoms with Crippen LogP contribution in [-0.4, -0.2) is 26.6 Å². The summed E-state index contributed by atoms with van der Waals surface area (Å²) in [6.07, 6.45) is 0.458. The Hall–Kier alpha value is -0.593. The predicted octanol–water partition coefficient (Wildman–Crippen LogP) is 3.17. The Morgan fingerprint density at radius 2 is 1.53 bits per heavy atom. The van der Waals surface area contributed by atoms with Gasteiger partial charge in [0.25, 0.3) is 0 Å². The molecule has 17 heavy (non-hydrogen) atoms. The Kier molecular flexibility index (Phi) is 4.57. The van der Waals surface area contributed by atoms with E-state index in [1.54, 1.807) is 0 Å². The summed E-state index contributed by atoms with van der Waals surface area (Å²) in [5, 5.41) is 0. The summed E-state index contributed by atoms with van der Waals surface area (Å²) in [5.41, 5.74) is 5.45. The zero-order valence-electron chi connectivity index (χ0n) is 11.8. The van der Waals surface area contributed by atoms with Crippen LogP contribution in [0.5, 0.6) is 0 Å². The molecule has 1 heterocycles. The Bertz CT molecular complexity index is 314. The van der Waals surface area contributed by atoms with Crippen molar-refractivity contribution < 1.29 is 9.53 Å². The van der Waals surface area contributed by atoms with Crippen LogP contribution in [0, 0.1) is 11.5 Å². The first-order valence-electron chi connectivity index (χ1n) is 6.49. The molecule has 1 saturated heterocycles. The lowest BCUT2D eigenvalue weighted by molar-refractivity contribution is -0.108. The van der Waals surface area contributed by atoms with Crippen LogP contribution in [-0.2, 0) is 9.53 Å². The van der Waals surface area contributed by atoms with Gasteiger partial charge in [-0.2, -0.15) is 0 Å². The number of carbonyl (C=O) groups is 1. The highest BCUT2D eigenvalue weighted by molar-refractivity contribution is 6.90. The molecule has 2 nitrogen and oxygen atoms in total. The number of ether oxygens (including phenoxy) is 1. The summed E-state index contributed by atoms with van der Waals surface area (Å²) >= 11 is 0. The molecular formula is C14H24O2Si. The van der Waals surface area contributed by atoms with Crippen LogP contribution in [0.25, 0.3) is 0 Å². The molecule has 0 amide bonds. The van der Waals surface area contributed by atoms with Crippen LogP contribution in [0.3, 0.4) is 0 Å². The number of hydrogen-bond donors (Lipinski definition) is 0. The molecule has 0 aromatic carbocycles. The normalized spacial score (nSPS) is 23.8. The van der Waals surface area contributed by atoms with E-state index in [1.165, 1.54) is 0 Å². The van der Waals surface area contributed by atoms with Crippen LogP contribution in [0.1, 0.15) is 41.5 Å². The highest BCUT2D eigenvalue weighted by Crippen LogP contribution is 2.40. The molecular weight excluding hydrogens is 228 g/mol. The summed E-state index contributed by atoms with van der Waals surface area (Å²) in [7, 11) is -1.65. The SMILES string of the molecule is CC(C)[Si](C#C[C@H]1O[C@@H]1C=O)(C(C)C)C(C)C. The summed E-state index contributed by atoms with van der Waals surface area (Å²) in [6, 6.07) is 0. The molecule has 0 radical (unpaired) electrons. The molecule has 0 saturated carbocycles. The van der Waals surface area contributed by atoms with Gasteiger partial charge in [0.15, 0.2) is 18.5 Å². The smallest absolute Gasteiger partial charge is 0.152 e. The number of epoxide rings is 1. The van der Waals surface area contributed by atoms with E-state index in [1.807, 2.05) is 0 Å². The van der Waals surface area contributed by atoms with Gasteiger partial charge in [-0.1, -0.05) is 47.5 Å². The molecule has 0 N–H and O–H groups in total. The topological polar surface area (TPSA) is 29.6 Å². The van der Waals surface area contributed by atoms with Crippen LogP contribution in [0.2, 0.25) is 16.6 Å². The van der Waals surface area contributed by atoms with Gasteiger partial charge >= 0.3 is 0 Å². The molecule has 1 aliphatic heterocycles. The van der Waals surface area contributed by atoms with E-state index in [-0.39, 0.29) is 12.2 Å². The van der Waals surface area contributed by atoms with Gasteiger partial charge in [-0.05, 0) is 16.6 Å². The first-order chi connectivity index (χ1) is 7.86. The van der Waals surface area contributed by atoms with E-state index < -0.39 is 8.07 Å². The molecule has 1 rings (SSSR count). The van der Waals surface area contributed by atoms with E-state index in [2.05, 4.69) is 53.0 Å². The number of carbonyl (C=O) groups excluding carboxylic acids is 1. The first kappa shape index (κ1) is 14.5. The van der Waals surface area contributed by atoms with Crippen molar-refractivity contribution in [3.8, 4) is 11.5 Å². The molecule has 0 spiro atoms. The van der Waals surface area contributed by atoms with Crippen molar-refractivity contribution >= 4 is 14.4 Å². The fraction of sp³-hybridized carbons (Fsp3) is 0.786. The molecule has 1 aliphatic rings. The van der Waals surface area contributed by atoms with Crippen molar-refractivity contribution in [3.63, 3.8) is 0 Å². The Morgan fingerprint density at radius 3 is 1.82 bits per heavy atom. The lowest BCUT2D eigenvalue weighted by atomic mass is 10.3. The van der Waals surface area contributed by atoms with Crippen molar-refractivity contribution in [1.29, 1.82) is 0 Å². The van der Waals surface area contributed by atoms with Gasteiger partial charge in [0, 0.05) is 0 Å². The molecule has 0 aliphatic carbocycles. The summed E-state index contributed by atoms with van der Waals surface area (Å²) in [6.45, 7) is 13.7. The summed E-state index contributed by atoms with van der Waals surface area (Å²) in [5.74, 6) is 3.20. The molecule has 1 fully saturated rings. The van der Waals surface area contributed by atoms with Gasteiger partial charge in [-0.15, -0.1) is 5.54 Å². The van der Waals surface area contributed by atoms with Crippen molar-refractivity contribution in [2.75, 3.05) is 0 Å². The standard InChI is InChI=1S/C14H24O2Si/c1-10(2)17(11(3)4,12(5)6)8-7-13-14(9-15)16-13/h9-14H,1-6H3/t13-,14-/m1/s1. The molecule has 0 aromatic heterocycles. The lowest BCUT2D eigenvalue weighted by Gasteiger charge is -2.38. The van der Waals surface area contributed by atoms with E-state index in [0.717, 1.165) is 6.29 Å². The molecule has 0 bridgehead atoms.